The van der Waals surface area contributed by atoms with Crippen molar-refractivity contribution >= 4 is 12.2 Å². The summed E-state index contributed by atoms with van der Waals surface area (Å²) in [4.78, 5) is 0. The number of hydrogen-bond acceptors (Lipinski definition) is 4. The molecule has 0 amide bonds. The molecule has 1 aromatic carbocycles. The van der Waals surface area contributed by atoms with E-state index in [-0.39, 0.29) is 6.10 Å². The number of nitrogens with zero attached hydrogens (tertiary/aromatic N) is 2. The first-order valence-corrected chi connectivity index (χ1v) is 6.40. The first-order chi connectivity index (χ1) is 9.27. The van der Waals surface area contributed by atoms with Gasteiger partial charge in [-0.25, -0.2) is 0 Å². The lowest BCUT2D eigenvalue weighted by molar-refractivity contribution is 0.121. The maximum Gasteiger partial charge on any atom is 0.195 e. The van der Waals surface area contributed by atoms with Crippen LogP contribution in [0.15, 0.2) is 30.3 Å². The van der Waals surface area contributed by atoms with Crippen molar-refractivity contribution in [3.8, 4) is 0 Å². The minimum Gasteiger partial charge on any atom is -0.383 e. The smallest absolute Gasteiger partial charge is 0.195 e. The van der Waals surface area contributed by atoms with E-state index < -0.39 is 0 Å². The number of nitrogens with one attached hydrogen (secondary N) is 1. The van der Waals surface area contributed by atoms with E-state index in [0.29, 0.717) is 17.9 Å². The summed E-state index contributed by atoms with van der Waals surface area (Å²) in [6.45, 7) is 1.22. The Morgan fingerprint density at radius 1 is 1.32 bits per heavy atom. The molecule has 1 heterocycles. The first kappa shape index (κ1) is 13.9. The molecule has 6 heteroatoms. The SMILES string of the molecule is COCCn1c(C(OC)c2ccccc2)n[nH]c1=S. The van der Waals surface area contributed by atoms with E-state index >= 15 is 0 Å². The fraction of sp³-hybridized carbons (Fsp3) is 0.385. The number of ether oxygens (including phenoxy) is 2. The van der Waals surface area contributed by atoms with Gasteiger partial charge in [-0.2, -0.15) is 5.10 Å². The molecule has 2 aromatic rings. The largest absolute Gasteiger partial charge is 0.383 e. The molecule has 0 saturated heterocycles. The fourth-order valence-corrected chi connectivity index (χ4v) is 2.18. The number of benzene rings is 1. The van der Waals surface area contributed by atoms with Gasteiger partial charge in [0, 0.05) is 14.2 Å². The highest BCUT2D eigenvalue weighted by atomic mass is 32.1. The third kappa shape index (κ3) is 3.09. The van der Waals surface area contributed by atoms with Crippen LogP contribution in [-0.2, 0) is 16.0 Å². The Hall–Kier alpha value is -1.50. The van der Waals surface area contributed by atoms with Crippen molar-refractivity contribution in [3.63, 3.8) is 0 Å². The lowest BCUT2D eigenvalue weighted by Crippen LogP contribution is -2.14. The van der Waals surface area contributed by atoms with Crippen LogP contribution in [0.1, 0.15) is 17.5 Å². The Morgan fingerprint density at radius 3 is 2.68 bits per heavy atom. The van der Waals surface area contributed by atoms with Gasteiger partial charge in [0.05, 0.1) is 13.2 Å². The van der Waals surface area contributed by atoms with E-state index in [9.17, 15) is 0 Å². The van der Waals surface area contributed by atoms with E-state index in [1.165, 1.54) is 0 Å². The zero-order valence-electron chi connectivity index (χ0n) is 11.0. The van der Waals surface area contributed by atoms with Crippen LogP contribution in [0, 0.1) is 4.77 Å². The number of aromatic amines is 1. The molecule has 5 nitrogen and oxygen atoms in total. The van der Waals surface area contributed by atoms with Crippen LogP contribution in [0.2, 0.25) is 0 Å². The van der Waals surface area contributed by atoms with Crippen molar-refractivity contribution in [1.82, 2.24) is 14.8 Å². The van der Waals surface area contributed by atoms with E-state index in [4.69, 9.17) is 21.7 Å². The molecule has 0 radical (unpaired) electrons. The molecule has 0 aliphatic heterocycles. The van der Waals surface area contributed by atoms with Crippen molar-refractivity contribution in [2.75, 3.05) is 20.8 Å². The van der Waals surface area contributed by atoms with Crippen LogP contribution < -0.4 is 0 Å². The number of rotatable bonds is 6. The molecule has 1 unspecified atom stereocenters. The Labute approximate surface area is 117 Å². The molecule has 1 aromatic heterocycles. The predicted molar refractivity (Wildman–Crippen MR) is 74.6 cm³/mol. The zero-order chi connectivity index (χ0) is 13.7. The molecule has 0 aliphatic carbocycles. The third-order valence-electron chi connectivity index (χ3n) is 2.88. The average Bonchev–Trinajstić information content (AvgIpc) is 2.80. The molecule has 1 atom stereocenters. The zero-order valence-corrected chi connectivity index (χ0v) is 11.8. The van der Waals surface area contributed by atoms with E-state index in [2.05, 4.69) is 10.2 Å². The second-order valence-electron chi connectivity index (χ2n) is 4.06. The van der Waals surface area contributed by atoms with E-state index in [0.717, 1.165) is 11.4 Å². The highest BCUT2D eigenvalue weighted by molar-refractivity contribution is 7.71. The molecule has 2 rings (SSSR count). The summed E-state index contributed by atoms with van der Waals surface area (Å²) in [6, 6.07) is 9.93. The molecular formula is C13H17N3O2S. The number of methoxy groups -OCH3 is 2. The quantitative estimate of drug-likeness (QED) is 0.825. The molecule has 102 valence electrons. The van der Waals surface area contributed by atoms with Gasteiger partial charge >= 0.3 is 0 Å². The summed E-state index contributed by atoms with van der Waals surface area (Å²) in [5, 5.41) is 7.09. The Bertz CT molecular complexity index is 565. The second kappa shape index (κ2) is 6.60. The minimum atomic E-state index is -0.244. The lowest BCUT2D eigenvalue weighted by Gasteiger charge is -2.16. The van der Waals surface area contributed by atoms with Gasteiger partial charge in [-0.1, -0.05) is 30.3 Å². The number of aromatic nitrogens is 3. The molecule has 1 N–H and O–H groups in total. The average molecular weight is 279 g/mol. The van der Waals surface area contributed by atoms with Crippen molar-refractivity contribution in [1.29, 1.82) is 0 Å². The second-order valence-corrected chi connectivity index (χ2v) is 4.44. The van der Waals surface area contributed by atoms with Crippen LogP contribution in [0.3, 0.4) is 0 Å². The van der Waals surface area contributed by atoms with Gasteiger partial charge in [-0.3, -0.25) is 9.67 Å². The molecule has 0 spiro atoms. The van der Waals surface area contributed by atoms with Crippen LogP contribution in [-0.4, -0.2) is 35.6 Å². The summed E-state index contributed by atoms with van der Waals surface area (Å²) < 4.78 is 13.1. The molecule has 0 bridgehead atoms. The van der Waals surface area contributed by atoms with Crippen molar-refractivity contribution < 1.29 is 9.47 Å². The van der Waals surface area contributed by atoms with Gasteiger partial charge in [0.1, 0.15) is 6.10 Å². The Morgan fingerprint density at radius 2 is 2.05 bits per heavy atom. The van der Waals surface area contributed by atoms with E-state index in [1.54, 1.807) is 14.2 Å². The highest BCUT2D eigenvalue weighted by Gasteiger charge is 2.19. The van der Waals surface area contributed by atoms with Crippen molar-refractivity contribution in [2.24, 2.45) is 0 Å². The van der Waals surface area contributed by atoms with Gasteiger partial charge in [-0.15, -0.1) is 0 Å². The van der Waals surface area contributed by atoms with Crippen LogP contribution in [0.4, 0.5) is 0 Å². The standard InChI is InChI=1S/C13H17N3O2S/c1-17-9-8-16-12(14-15-13(16)19)11(18-2)10-6-4-3-5-7-10/h3-7,11H,8-9H2,1-2H3,(H,15,19). The predicted octanol–water partition coefficient (Wildman–Crippen LogP) is 2.32. The topological polar surface area (TPSA) is 52.1 Å². The van der Waals surface area contributed by atoms with Crippen molar-refractivity contribution in [2.45, 2.75) is 12.6 Å². The minimum absolute atomic E-state index is 0.244. The summed E-state index contributed by atoms with van der Waals surface area (Å²) >= 11 is 5.24. The maximum absolute atomic E-state index is 5.57. The van der Waals surface area contributed by atoms with Gasteiger partial charge in [0.25, 0.3) is 0 Å². The van der Waals surface area contributed by atoms with Crippen LogP contribution in [0.5, 0.6) is 0 Å². The number of H-pyrrole nitrogens is 1. The number of hydrogen-bond donors (Lipinski definition) is 1. The van der Waals surface area contributed by atoms with Gasteiger partial charge in [-0.05, 0) is 17.8 Å². The van der Waals surface area contributed by atoms with Gasteiger partial charge < -0.3 is 9.47 Å². The molecular weight excluding hydrogens is 262 g/mol. The maximum atomic E-state index is 5.57. The van der Waals surface area contributed by atoms with Crippen molar-refractivity contribution in [3.05, 3.63) is 46.5 Å². The normalized spacial score (nSPS) is 12.5. The summed E-state index contributed by atoms with van der Waals surface area (Å²) in [5.74, 6) is 0.760. The summed E-state index contributed by atoms with van der Waals surface area (Å²) in [5.41, 5.74) is 1.04. The molecule has 0 aliphatic rings. The monoisotopic (exact) mass is 279 g/mol. The Kier molecular flexibility index (Phi) is 4.84. The summed E-state index contributed by atoms with van der Waals surface area (Å²) in [6.07, 6.45) is -0.244. The van der Waals surface area contributed by atoms with E-state index in [1.807, 2.05) is 34.9 Å². The van der Waals surface area contributed by atoms with Gasteiger partial charge in [0.15, 0.2) is 10.6 Å². The van der Waals surface area contributed by atoms with Crippen LogP contribution in [0.25, 0.3) is 0 Å². The van der Waals surface area contributed by atoms with Crippen LogP contribution >= 0.6 is 12.2 Å². The Balaban J connectivity index is 2.36. The fourth-order valence-electron chi connectivity index (χ4n) is 1.95. The first-order valence-electron chi connectivity index (χ1n) is 5.99. The highest BCUT2D eigenvalue weighted by Crippen LogP contribution is 2.23. The third-order valence-corrected chi connectivity index (χ3v) is 3.19. The lowest BCUT2D eigenvalue weighted by atomic mass is 10.1. The molecule has 0 fully saturated rings. The van der Waals surface area contributed by atoms with Gasteiger partial charge in [0.2, 0.25) is 0 Å². The summed E-state index contributed by atoms with van der Waals surface area (Å²) in [7, 11) is 3.32. The molecule has 19 heavy (non-hydrogen) atoms. The molecule has 0 saturated carbocycles.